The summed E-state index contributed by atoms with van der Waals surface area (Å²) in [5.41, 5.74) is 0.741. The normalized spacial score (nSPS) is 31.4. The zero-order valence-electron chi connectivity index (χ0n) is 9.54. The van der Waals surface area contributed by atoms with Crippen LogP contribution in [0, 0.1) is 29.1 Å². The van der Waals surface area contributed by atoms with Crippen LogP contribution in [-0.2, 0) is 4.79 Å². The predicted molar refractivity (Wildman–Crippen MR) is 61.9 cm³/mol. The van der Waals surface area contributed by atoms with Crippen LogP contribution in [0.3, 0.4) is 0 Å². The Labute approximate surface area is 100 Å². The van der Waals surface area contributed by atoms with E-state index in [0.717, 1.165) is 5.56 Å². The van der Waals surface area contributed by atoms with E-state index in [9.17, 15) is 10.1 Å². The summed E-state index contributed by atoms with van der Waals surface area (Å²) in [7, 11) is 0. The van der Waals surface area contributed by atoms with E-state index >= 15 is 0 Å². The van der Waals surface area contributed by atoms with Gasteiger partial charge in [0, 0.05) is 18.3 Å². The minimum atomic E-state index is -0.612. The summed E-state index contributed by atoms with van der Waals surface area (Å²) in [4.78, 5) is 16.3. The van der Waals surface area contributed by atoms with Crippen molar-refractivity contribution in [1.29, 1.82) is 5.26 Å². The molecule has 0 bridgehead atoms. The van der Waals surface area contributed by atoms with E-state index in [1.54, 1.807) is 18.5 Å². The quantitative estimate of drug-likeness (QED) is 0.794. The summed E-state index contributed by atoms with van der Waals surface area (Å²) in [6.45, 7) is 0. The summed E-state index contributed by atoms with van der Waals surface area (Å²) in [6.07, 6.45) is 6.89. The third kappa shape index (κ3) is 1.64. The first-order chi connectivity index (χ1) is 8.33. The van der Waals surface area contributed by atoms with Crippen LogP contribution in [0.25, 0.3) is 0 Å². The van der Waals surface area contributed by atoms with Crippen molar-refractivity contribution < 1.29 is 4.79 Å². The maximum absolute atomic E-state index is 12.3. The van der Waals surface area contributed by atoms with Gasteiger partial charge in [0.2, 0.25) is 0 Å². The van der Waals surface area contributed by atoms with Crippen molar-refractivity contribution in [2.24, 2.45) is 17.8 Å². The zero-order valence-corrected chi connectivity index (χ0v) is 9.54. The molecular weight excluding hydrogens is 212 g/mol. The molecule has 3 heteroatoms. The van der Waals surface area contributed by atoms with E-state index in [4.69, 9.17) is 0 Å². The Hall–Kier alpha value is -1.69. The molecule has 3 nitrogen and oxygen atoms in total. The molecule has 2 aliphatic rings. The highest BCUT2D eigenvalue weighted by Crippen LogP contribution is 2.59. The van der Waals surface area contributed by atoms with E-state index in [0.29, 0.717) is 11.8 Å². The maximum atomic E-state index is 12.3. The Morgan fingerprint density at radius 2 is 2.24 bits per heavy atom. The Kier molecular flexibility index (Phi) is 2.44. The molecule has 3 atom stereocenters. The standard InChI is InChI=1S/C14H14N2O/c15-7-12(9-3-2-6-16-8-9)14(17)13-10-4-1-5-11(10)13/h2-3,6,8,10-13H,1,4-5H2. The average molecular weight is 226 g/mol. The first-order valence-electron chi connectivity index (χ1n) is 6.16. The third-order valence-electron chi connectivity index (χ3n) is 4.17. The average Bonchev–Trinajstić information content (AvgIpc) is 2.85. The van der Waals surface area contributed by atoms with Gasteiger partial charge in [-0.25, -0.2) is 0 Å². The van der Waals surface area contributed by atoms with E-state index in [2.05, 4.69) is 11.1 Å². The first-order valence-corrected chi connectivity index (χ1v) is 6.16. The molecule has 3 rings (SSSR count). The number of nitriles is 1. The molecule has 0 amide bonds. The first kappa shape index (κ1) is 10.5. The highest BCUT2D eigenvalue weighted by Gasteiger charge is 2.57. The molecule has 0 aromatic carbocycles. The van der Waals surface area contributed by atoms with Crippen LogP contribution in [0.4, 0.5) is 0 Å². The molecule has 0 spiro atoms. The molecule has 2 saturated carbocycles. The largest absolute Gasteiger partial charge is 0.298 e. The van der Waals surface area contributed by atoms with Crippen LogP contribution in [0.2, 0.25) is 0 Å². The number of hydrogen-bond donors (Lipinski definition) is 0. The van der Waals surface area contributed by atoms with Crippen molar-refractivity contribution in [2.45, 2.75) is 25.2 Å². The number of nitrogens with zero attached hydrogens (tertiary/aromatic N) is 2. The summed E-state index contributed by atoms with van der Waals surface area (Å²) in [5.74, 6) is 0.827. The van der Waals surface area contributed by atoms with Gasteiger partial charge in [-0.2, -0.15) is 5.26 Å². The molecule has 0 aliphatic heterocycles. The van der Waals surface area contributed by atoms with Crippen molar-refractivity contribution in [2.75, 3.05) is 0 Å². The summed E-state index contributed by atoms with van der Waals surface area (Å²) >= 11 is 0. The maximum Gasteiger partial charge on any atom is 0.158 e. The van der Waals surface area contributed by atoms with Gasteiger partial charge in [0.25, 0.3) is 0 Å². The van der Waals surface area contributed by atoms with Crippen molar-refractivity contribution in [3.05, 3.63) is 30.1 Å². The lowest BCUT2D eigenvalue weighted by atomic mass is 9.92. The molecule has 17 heavy (non-hydrogen) atoms. The lowest BCUT2D eigenvalue weighted by Gasteiger charge is -2.09. The van der Waals surface area contributed by atoms with Crippen molar-refractivity contribution in [3.63, 3.8) is 0 Å². The van der Waals surface area contributed by atoms with Crippen molar-refractivity contribution in [3.8, 4) is 6.07 Å². The molecule has 1 aromatic rings. The van der Waals surface area contributed by atoms with Gasteiger partial charge >= 0.3 is 0 Å². The molecule has 86 valence electrons. The van der Waals surface area contributed by atoms with Crippen LogP contribution >= 0.6 is 0 Å². The van der Waals surface area contributed by atoms with Gasteiger partial charge in [0.1, 0.15) is 5.92 Å². The molecule has 2 aliphatic carbocycles. The lowest BCUT2D eigenvalue weighted by Crippen LogP contribution is -2.15. The minimum absolute atomic E-state index is 0.121. The Balaban J connectivity index is 1.79. The minimum Gasteiger partial charge on any atom is -0.298 e. The van der Waals surface area contributed by atoms with Gasteiger partial charge in [0.15, 0.2) is 5.78 Å². The SMILES string of the molecule is N#CC(C(=O)C1C2CCCC21)c1cccnc1. The second-order valence-corrected chi connectivity index (χ2v) is 5.04. The molecule has 0 radical (unpaired) electrons. The van der Waals surface area contributed by atoms with Crippen LogP contribution < -0.4 is 0 Å². The van der Waals surface area contributed by atoms with Gasteiger partial charge in [-0.3, -0.25) is 9.78 Å². The Morgan fingerprint density at radius 1 is 1.47 bits per heavy atom. The number of carbonyl (C=O) groups excluding carboxylic acids is 1. The fraction of sp³-hybridized carbons (Fsp3) is 0.500. The zero-order chi connectivity index (χ0) is 11.8. The van der Waals surface area contributed by atoms with Crippen LogP contribution in [0.1, 0.15) is 30.7 Å². The van der Waals surface area contributed by atoms with E-state index < -0.39 is 5.92 Å². The van der Waals surface area contributed by atoms with Crippen LogP contribution in [0.15, 0.2) is 24.5 Å². The topological polar surface area (TPSA) is 53.8 Å². The Bertz CT molecular complexity index is 467. The van der Waals surface area contributed by atoms with E-state index in [1.165, 1.54) is 19.3 Å². The lowest BCUT2D eigenvalue weighted by molar-refractivity contribution is -0.121. The highest BCUT2D eigenvalue weighted by atomic mass is 16.1. The number of fused-ring (bicyclic) bond motifs is 1. The predicted octanol–water partition coefficient (Wildman–Crippen LogP) is 2.30. The number of rotatable bonds is 3. The molecule has 0 N–H and O–H groups in total. The van der Waals surface area contributed by atoms with Crippen molar-refractivity contribution in [1.82, 2.24) is 4.98 Å². The molecule has 2 fully saturated rings. The van der Waals surface area contributed by atoms with Crippen molar-refractivity contribution >= 4 is 5.78 Å². The van der Waals surface area contributed by atoms with Gasteiger partial charge in [-0.1, -0.05) is 12.5 Å². The third-order valence-corrected chi connectivity index (χ3v) is 4.17. The fourth-order valence-corrected chi connectivity index (χ4v) is 3.29. The number of ketones is 1. The second kappa shape index (κ2) is 3.96. The van der Waals surface area contributed by atoms with Gasteiger partial charge in [-0.15, -0.1) is 0 Å². The Morgan fingerprint density at radius 3 is 2.82 bits per heavy atom. The van der Waals surface area contributed by atoms with Crippen LogP contribution in [0.5, 0.6) is 0 Å². The molecule has 0 saturated heterocycles. The molecule has 3 unspecified atom stereocenters. The number of pyridine rings is 1. The smallest absolute Gasteiger partial charge is 0.158 e. The molecular formula is C14H14N2O. The molecule has 1 aromatic heterocycles. The van der Waals surface area contributed by atoms with E-state index in [1.807, 2.05) is 6.07 Å². The second-order valence-electron chi connectivity index (χ2n) is 5.04. The number of hydrogen-bond acceptors (Lipinski definition) is 3. The summed E-state index contributed by atoms with van der Waals surface area (Å²) in [5, 5.41) is 9.19. The number of Topliss-reactive ketones (excluding diaryl/α,β-unsaturated/α-hetero) is 1. The molecule has 1 heterocycles. The fourth-order valence-electron chi connectivity index (χ4n) is 3.29. The highest BCUT2D eigenvalue weighted by molar-refractivity contribution is 5.93. The summed E-state index contributed by atoms with van der Waals surface area (Å²) < 4.78 is 0. The van der Waals surface area contributed by atoms with E-state index in [-0.39, 0.29) is 11.7 Å². The van der Waals surface area contributed by atoms with Gasteiger partial charge in [0.05, 0.1) is 6.07 Å². The summed E-state index contributed by atoms with van der Waals surface area (Å²) in [6, 6.07) is 5.73. The van der Waals surface area contributed by atoms with Crippen LogP contribution in [-0.4, -0.2) is 10.8 Å². The van der Waals surface area contributed by atoms with Gasteiger partial charge in [-0.05, 0) is 36.3 Å². The van der Waals surface area contributed by atoms with Gasteiger partial charge < -0.3 is 0 Å². The monoisotopic (exact) mass is 226 g/mol. The number of carbonyl (C=O) groups is 1. The number of aromatic nitrogens is 1.